The van der Waals surface area contributed by atoms with Crippen molar-refractivity contribution in [2.24, 2.45) is 0 Å². The molecule has 0 fully saturated rings. The van der Waals surface area contributed by atoms with Crippen LogP contribution in [0.5, 0.6) is 0 Å². The normalized spacial score (nSPS) is 10.3. The van der Waals surface area contributed by atoms with E-state index in [2.05, 4.69) is 53.7 Å². The lowest BCUT2D eigenvalue weighted by molar-refractivity contribution is 0.696. The largest absolute Gasteiger partial charge is 0.315 e. The molecule has 0 spiro atoms. The van der Waals surface area contributed by atoms with E-state index in [1.165, 1.54) is 16.3 Å². The number of rotatable bonds is 5. The second-order valence-electron chi connectivity index (χ2n) is 4.09. The number of fused-ring (bicyclic) bond motifs is 1. The molecule has 0 aliphatic carbocycles. The van der Waals surface area contributed by atoms with Crippen LogP contribution in [-0.2, 0) is 6.42 Å². The first-order chi connectivity index (χ1) is 8.42. The van der Waals surface area contributed by atoms with Crippen molar-refractivity contribution < 1.29 is 0 Å². The number of hydrogen-bond donors (Lipinski definition) is 1. The number of hydrogen-bond acceptors (Lipinski definition) is 1. The Kier molecular flexibility index (Phi) is 4.18. The van der Waals surface area contributed by atoms with Crippen molar-refractivity contribution in [3.63, 3.8) is 0 Å². The van der Waals surface area contributed by atoms with Crippen LogP contribution in [0.15, 0.2) is 42.5 Å². The Labute approximate surface area is 103 Å². The zero-order chi connectivity index (χ0) is 11.9. The first-order valence-electron chi connectivity index (χ1n) is 6.02. The molecule has 0 saturated carbocycles. The van der Waals surface area contributed by atoms with E-state index in [0.717, 1.165) is 25.9 Å². The van der Waals surface area contributed by atoms with Gasteiger partial charge >= 0.3 is 0 Å². The van der Waals surface area contributed by atoms with Crippen LogP contribution in [0.4, 0.5) is 0 Å². The summed E-state index contributed by atoms with van der Waals surface area (Å²) in [7, 11) is 0. The van der Waals surface area contributed by atoms with Crippen molar-refractivity contribution in [2.75, 3.05) is 13.1 Å². The van der Waals surface area contributed by atoms with Gasteiger partial charge in [0.25, 0.3) is 0 Å². The minimum Gasteiger partial charge on any atom is -0.315 e. The van der Waals surface area contributed by atoms with Gasteiger partial charge in [0.15, 0.2) is 0 Å². The van der Waals surface area contributed by atoms with Gasteiger partial charge in [-0.2, -0.15) is 0 Å². The van der Waals surface area contributed by atoms with Gasteiger partial charge < -0.3 is 5.32 Å². The minimum atomic E-state index is 0.801. The van der Waals surface area contributed by atoms with Gasteiger partial charge in [0.2, 0.25) is 0 Å². The fraction of sp³-hybridized carbons (Fsp3) is 0.250. The summed E-state index contributed by atoms with van der Waals surface area (Å²) in [5, 5.41) is 6.03. The van der Waals surface area contributed by atoms with E-state index in [-0.39, 0.29) is 0 Å². The monoisotopic (exact) mass is 223 g/mol. The maximum absolute atomic E-state index is 5.21. The van der Waals surface area contributed by atoms with Gasteiger partial charge in [0.05, 0.1) is 0 Å². The molecule has 0 saturated heterocycles. The van der Waals surface area contributed by atoms with Crippen LogP contribution in [-0.4, -0.2) is 13.1 Å². The summed E-state index contributed by atoms with van der Waals surface area (Å²) >= 11 is 0. The summed E-state index contributed by atoms with van der Waals surface area (Å²) in [6.45, 7) is 1.89. The Morgan fingerprint density at radius 3 is 2.71 bits per heavy atom. The first-order valence-corrected chi connectivity index (χ1v) is 6.02. The lowest BCUT2D eigenvalue weighted by Crippen LogP contribution is -2.18. The van der Waals surface area contributed by atoms with Crippen molar-refractivity contribution in [3.8, 4) is 12.3 Å². The smallest absolute Gasteiger partial charge is 0.0211 e. The number of nitrogens with one attached hydrogen (secondary N) is 1. The van der Waals surface area contributed by atoms with Gasteiger partial charge in [0.1, 0.15) is 0 Å². The maximum atomic E-state index is 5.21. The zero-order valence-corrected chi connectivity index (χ0v) is 9.95. The van der Waals surface area contributed by atoms with Crippen molar-refractivity contribution in [1.82, 2.24) is 5.32 Å². The highest BCUT2D eigenvalue weighted by molar-refractivity contribution is 5.85. The highest BCUT2D eigenvalue weighted by Gasteiger charge is 1.99. The van der Waals surface area contributed by atoms with Gasteiger partial charge in [0, 0.05) is 13.0 Å². The standard InChI is InChI=1S/C16H17N/c1-2-3-12-17-13-11-15-9-6-8-14-7-4-5-10-16(14)15/h1,4-10,17H,3,11-13H2. The Morgan fingerprint density at radius 1 is 1.00 bits per heavy atom. The second-order valence-corrected chi connectivity index (χ2v) is 4.09. The van der Waals surface area contributed by atoms with Gasteiger partial charge in [-0.15, -0.1) is 12.3 Å². The van der Waals surface area contributed by atoms with Crippen molar-refractivity contribution in [1.29, 1.82) is 0 Å². The molecule has 86 valence electrons. The van der Waals surface area contributed by atoms with Gasteiger partial charge in [-0.1, -0.05) is 42.5 Å². The van der Waals surface area contributed by atoms with Crippen LogP contribution >= 0.6 is 0 Å². The Morgan fingerprint density at radius 2 is 1.82 bits per heavy atom. The molecule has 1 heteroatoms. The van der Waals surface area contributed by atoms with Gasteiger partial charge in [-0.25, -0.2) is 0 Å². The molecule has 1 nitrogen and oxygen atoms in total. The molecule has 0 aromatic heterocycles. The summed E-state index contributed by atoms with van der Waals surface area (Å²) in [4.78, 5) is 0. The fourth-order valence-electron chi connectivity index (χ4n) is 2.02. The molecule has 0 radical (unpaired) electrons. The van der Waals surface area contributed by atoms with E-state index >= 15 is 0 Å². The molecule has 0 atom stereocenters. The van der Waals surface area contributed by atoms with E-state index in [1.54, 1.807) is 0 Å². The predicted molar refractivity (Wildman–Crippen MR) is 74.0 cm³/mol. The van der Waals surface area contributed by atoms with Crippen LogP contribution in [0.3, 0.4) is 0 Å². The van der Waals surface area contributed by atoms with Gasteiger partial charge in [-0.05, 0) is 29.3 Å². The third-order valence-corrected chi connectivity index (χ3v) is 2.90. The van der Waals surface area contributed by atoms with Crippen molar-refractivity contribution >= 4 is 10.8 Å². The summed E-state index contributed by atoms with van der Waals surface area (Å²) in [5.41, 5.74) is 1.40. The SMILES string of the molecule is C#CCCNCCc1cccc2ccccc12. The highest BCUT2D eigenvalue weighted by atomic mass is 14.8. The van der Waals surface area contributed by atoms with Crippen molar-refractivity contribution in [2.45, 2.75) is 12.8 Å². The van der Waals surface area contributed by atoms with Crippen molar-refractivity contribution in [3.05, 3.63) is 48.0 Å². The molecule has 0 aliphatic rings. The summed E-state index contributed by atoms with van der Waals surface area (Å²) < 4.78 is 0. The topological polar surface area (TPSA) is 12.0 Å². The Bertz CT molecular complexity index is 517. The molecule has 17 heavy (non-hydrogen) atoms. The predicted octanol–water partition coefficient (Wildman–Crippen LogP) is 3.00. The quantitative estimate of drug-likeness (QED) is 0.607. The molecule has 0 amide bonds. The summed E-state index contributed by atoms with van der Waals surface area (Å²) in [6, 6.07) is 15.0. The lowest BCUT2D eigenvalue weighted by atomic mass is 10.0. The third kappa shape index (κ3) is 3.09. The third-order valence-electron chi connectivity index (χ3n) is 2.90. The van der Waals surface area contributed by atoms with E-state index < -0.39 is 0 Å². The lowest BCUT2D eigenvalue weighted by Gasteiger charge is -2.07. The van der Waals surface area contributed by atoms with E-state index in [1.807, 2.05) is 0 Å². The Balaban J connectivity index is 2.01. The summed E-state index contributed by atoms with van der Waals surface area (Å²) in [5.74, 6) is 2.63. The Hall–Kier alpha value is -1.78. The molecular weight excluding hydrogens is 206 g/mol. The second kappa shape index (κ2) is 6.08. The molecular formula is C16H17N. The van der Waals surface area contributed by atoms with Crippen LogP contribution in [0.2, 0.25) is 0 Å². The van der Waals surface area contributed by atoms with E-state index in [0.29, 0.717) is 0 Å². The zero-order valence-electron chi connectivity index (χ0n) is 9.95. The van der Waals surface area contributed by atoms with Crippen LogP contribution in [0, 0.1) is 12.3 Å². The molecule has 0 unspecified atom stereocenters. The molecule has 2 rings (SSSR count). The van der Waals surface area contributed by atoms with Crippen LogP contribution in [0.1, 0.15) is 12.0 Å². The number of terminal acetylenes is 1. The molecule has 0 aliphatic heterocycles. The molecule has 0 heterocycles. The molecule has 2 aromatic rings. The van der Waals surface area contributed by atoms with Crippen LogP contribution in [0.25, 0.3) is 10.8 Å². The average Bonchev–Trinajstić information content (AvgIpc) is 2.39. The molecule has 0 bridgehead atoms. The fourth-order valence-corrected chi connectivity index (χ4v) is 2.02. The maximum Gasteiger partial charge on any atom is 0.0211 e. The van der Waals surface area contributed by atoms with Crippen LogP contribution < -0.4 is 5.32 Å². The minimum absolute atomic E-state index is 0.801. The molecule has 2 aromatic carbocycles. The number of benzene rings is 2. The average molecular weight is 223 g/mol. The highest BCUT2D eigenvalue weighted by Crippen LogP contribution is 2.18. The summed E-state index contributed by atoms with van der Waals surface area (Å²) in [6.07, 6.45) is 7.05. The van der Waals surface area contributed by atoms with Gasteiger partial charge in [-0.3, -0.25) is 0 Å². The van der Waals surface area contributed by atoms with E-state index in [4.69, 9.17) is 6.42 Å². The van der Waals surface area contributed by atoms with E-state index in [9.17, 15) is 0 Å². The molecule has 1 N–H and O–H groups in total. The first kappa shape index (κ1) is 11.7.